The number of ether oxygens (including phenoxy) is 1. The molecule has 0 aliphatic heterocycles. The van der Waals surface area contributed by atoms with Crippen LogP contribution in [0.15, 0.2) is 57.4 Å². The number of nitrogens with one attached hydrogen (secondary N) is 1. The van der Waals surface area contributed by atoms with Gasteiger partial charge in [-0.3, -0.25) is 0 Å². The Morgan fingerprint density at radius 3 is 2.78 bits per heavy atom. The maximum atomic E-state index is 12.6. The molecule has 0 aliphatic carbocycles. The van der Waals surface area contributed by atoms with Gasteiger partial charge in [0, 0.05) is 16.1 Å². The number of carbonyl (C=O) groups excluding carboxylic acids is 1. The van der Waals surface area contributed by atoms with Gasteiger partial charge in [-0.1, -0.05) is 22.0 Å². The normalized spacial score (nSPS) is 11.7. The van der Waals surface area contributed by atoms with Gasteiger partial charge in [-0.2, -0.15) is 5.26 Å². The van der Waals surface area contributed by atoms with E-state index in [-0.39, 0.29) is 6.10 Å². The number of aromatic nitrogens is 2. The third kappa shape index (κ3) is 4.51. The standard InChI is InChI=1S/C25H20BrN3O3/c1-14(2)31-25(30)20-12-17(26)5-7-19(20)23-9-6-18(32-23)11-16(13-27)24-28-21-8-4-15(3)10-22(21)29-24/h4-12,14H,1-3H3,(H,28,29)/b16-11-. The molecule has 0 radical (unpaired) electrons. The molecule has 32 heavy (non-hydrogen) atoms. The number of esters is 1. The fraction of sp³-hybridized carbons (Fsp3) is 0.160. The molecule has 0 bridgehead atoms. The van der Waals surface area contributed by atoms with Crippen LogP contribution in [-0.4, -0.2) is 22.0 Å². The first-order chi connectivity index (χ1) is 15.3. The third-order valence-corrected chi connectivity index (χ3v) is 5.23. The van der Waals surface area contributed by atoms with Crippen molar-refractivity contribution in [2.45, 2.75) is 26.9 Å². The Balaban J connectivity index is 1.70. The summed E-state index contributed by atoms with van der Waals surface area (Å²) < 4.78 is 12.1. The minimum Gasteiger partial charge on any atom is -0.459 e. The van der Waals surface area contributed by atoms with E-state index in [2.05, 4.69) is 32.0 Å². The summed E-state index contributed by atoms with van der Waals surface area (Å²) in [7, 11) is 0. The number of aryl methyl sites for hydroxylation is 1. The van der Waals surface area contributed by atoms with Crippen molar-refractivity contribution in [2.75, 3.05) is 0 Å². The Morgan fingerprint density at radius 1 is 1.22 bits per heavy atom. The number of nitrogens with zero attached hydrogens (tertiary/aromatic N) is 2. The number of H-pyrrole nitrogens is 1. The van der Waals surface area contributed by atoms with Crippen LogP contribution in [0, 0.1) is 18.3 Å². The molecular formula is C25H20BrN3O3. The largest absolute Gasteiger partial charge is 0.459 e. The van der Waals surface area contributed by atoms with E-state index in [0.717, 1.165) is 21.1 Å². The zero-order valence-corrected chi connectivity index (χ0v) is 19.4. The highest BCUT2D eigenvalue weighted by Crippen LogP contribution is 2.30. The summed E-state index contributed by atoms with van der Waals surface area (Å²) in [6.07, 6.45) is 1.38. The highest BCUT2D eigenvalue weighted by Gasteiger charge is 2.18. The molecule has 0 saturated carbocycles. The van der Waals surface area contributed by atoms with Gasteiger partial charge < -0.3 is 14.1 Å². The summed E-state index contributed by atoms with van der Waals surface area (Å²) in [5, 5.41) is 9.69. The summed E-state index contributed by atoms with van der Waals surface area (Å²) in [5.41, 5.74) is 4.10. The first-order valence-electron chi connectivity index (χ1n) is 10.0. The number of fused-ring (bicyclic) bond motifs is 1. The maximum Gasteiger partial charge on any atom is 0.339 e. The quantitative estimate of drug-likeness (QED) is 0.254. The van der Waals surface area contributed by atoms with Crippen LogP contribution in [0.2, 0.25) is 0 Å². The van der Waals surface area contributed by atoms with Gasteiger partial charge in [-0.25, -0.2) is 9.78 Å². The van der Waals surface area contributed by atoms with Crippen molar-refractivity contribution < 1.29 is 13.9 Å². The number of aromatic amines is 1. The maximum absolute atomic E-state index is 12.6. The number of nitriles is 1. The lowest BCUT2D eigenvalue weighted by molar-refractivity contribution is 0.0378. The first kappa shape index (κ1) is 21.6. The number of imidazole rings is 1. The van der Waals surface area contributed by atoms with Crippen molar-refractivity contribution in [1.29, 1.82) is 5.26 Å². The summed E-state index contributed by atoms with van der Waals surface area (Å²) in [6, 6.07) is 16.9. The number of allylic oxidation sites excluding steroid dienone is 1. The summed E-state index contributed by atoms with van der Waals surface area (Å²) >= 11 is 3.40. The Hall–Kier alpha value is -3.63. The third-order valence-electron chi connectivity index (χ3n) is 4.74. The van der Waals surface area contributed by atoms with E-state index in [1.165, 1.54) is 0 Å². The molecule has 2 aromatic heterocycles. The van der Waals surface area contributed by atoms with Crippen LogP contribution < -0.4 is 0 Å². The van der Waals surface area contributed by atoms with Gasteiger partial charge in [0.15, 0.2) is 0 Å². The van der Waals surface area contributed by atoms with Crippen LogP contribution >= 0.6 is 15.9 Å². The van der Waals surface area contributed by atoms with E-state index in [4.69, 9.17) is 9.15 Å². The van der Waals surface area contributed by atoms with Crippen LogP contribution in [0.25, 0.3) is 34.0 Å². The van der Waals surface area contributed by atoms with Gasteiger partial charge in [-0.15, -0.1) is 0 Å². The van der Waals surface area contributed by atoms with Crippen LogP contribution in [0.3, 0.4) is 0 Å². The average molecular weight is 490 g/mol. The van der Waals surface area contributed by atoms with Gasteiger partial charge in [-0.05, 0) is 68.8 Å². The average Bonchev–Trinajstić information content (AvgIpc) is 3.37. The molecule has 0 spiro atoms. The Kier molecular flexibility index (Phi) is 5.97. The molecule has 4 aromatic rings. The second-order valence-electron chi connectivity index (χ2n) is 7.62. The second-order valence-corrected chi connectivity index (χ2v) is 8.54. The molecule has 1 N–H and O–H groups in total. The van der Waals surface area contributed by atoms with Gasteiger partial charge >= 0.3 is 5.97 Å². The Bertz CT molecular complexity index is 1390. The first-order valence-corrected chi connectivity index (χ1v) is 10.8. The number of rotatable bonds is 5. The molecule has 7 heteroatoms. The molecule has 0 unspecified atom stereocenters. The van der Waals surface area contributed by atoms with Gasteiger partial charge in [0.1, 0.15) is 23.4 Å². The molecular weight excluding hydrogens is 470 g/mol. The fourth-order valence-electron chi connectivity index (χ4n) is 3.30. The Morgan fingerprint density at radius 2 is 2.03 bits per heavy atom. The van der Waals surface area contributed by atoms with E-state index in [9.17, 15) is 10.1 Å². The molecule has 0 aliphatic rings. The van der Waals surface area contributed by atoms with Gasteiger partial charge in [0.2, 0.25) is 0 Å². The smallest absolute Gasteiger partial charge is 0.339 e. The monoisotopic (exact) mass is 489 g/mol. The van der Waals surface area contributed by atoms with Gasteiger partial charge in [0.25, 0.3) is 0 Å². The number of halogens is 1. The van der Waals surface area contributed by atoms with E-state index in [1.54, 1.807) is 44.2 Å². The second kappa shape index (κ2) is 8.85. The molecule has 160 valence electrons. The van der Waals surface area contributed by atoms with E-state index in [0.29, 0.717) is 34.0 Å². The van der Waals surface area contributed by atoms with E-state index >= 15 is 0 Å². The summed E-state index contributed by atoms with van der Waals surface area (Å²) in [5.74, 6) is 1.01. The van der Waals surface area contributed by atoms with Crippen molar-refractivity contribution >= 4 is 44.6 Å². The number of hydrogen-bond acceptors (Lipinski definition) is 5. The number of carbonyl (C=O) groups is 1. The lowest BCUT2D eigenvalue weighted by atomic mass is 10.1. The summed E-state index contributed by atoms with van der Waals surface area (Å²) in [6.45, 7) is 5.60. The van der Waals surface area contributed by atoms with Crippen LogP contribution in [-0.2, 0) is 4.74 Å². The fourth-order valence-corrected chi connectivity index (χ4v) is 3.66. The van der Waals surface area contributed by atoms with Crippen molar-refractivity contribution in [3.63, 3.8) is 0 Å². The molecule has 6 nitrogen and oxygen atoms in total. The Labute approximate surface area is 193 Å². The topological polar surface area (TPSA) is 91.9 Å². The molecule has 2 heterocycles. The van der Waals surface area contributed by atoms with E-state index < -0.39 is 5.97 Å². The lowest BCUT2D eigenvalue weighted by Gasteiger charge is -2.11. The molecule has 4 rings (SSSR count). The highest BCUT2D eigenvalue weighted by molar-refractivity contribution is 9.10. The number of benzene rings is 2. The predicted molar refractivity (Wildman–Crippen MR) is 127 cm³/mol. The van der Waals surface area contributed by atoms with Crippen LogP contribution in [0.4, 0.5) is 0 Å². The zero-order valence-electron chi connectivity index (χ0n) is 17.8. The molecule has 2 aromatic carbocycles. The lowest BCUT2D eigenvalue weighted by Crippen LogP contribution is -2.12. The minimum absolute atomic E-state index is 0.241. The zero-order chi connectivity index (χ0) is 22.8. The predicted octanol–water partition coefficient (Wildman–Crippen LogP) is 6.52. The molecule has 0 atom stereocenters. The van der Waals surface area contributed by atoms with Gasteiger partial charge in [0.05, 0.1) is 28.3 Å². The van der Waals surface area contributed by atoms with Crippen molar-refractivity contribution in [2.24, 2.45) is 0 Å². The van der Waals surface area contributed by atoms with Crippen molar-refractivity contribution in [3.8, 4) is 17.4 Å². The molecule has 0 saturated heterocycles. The SMILES string of the molecule is Cc1ccc2nc(/C(C#N)=C\c3ccc(-c4ccc(Br)cc4C(=O)OC(C)C)o3)[nH]c2c1. The minimum atomic E-state index is -0.430. The molecule has 0 amide bonds. The van der Waals surface area contributed by atoms with E-state index in [1.807, 2.05) is 31.2 Å². The number of furan rings is 1. The summed E-state index contributed by atoms with van der Waals surface area (Å²) in [4.78, 5) is 20.3. The number of hydrogen-bond donors (Lipinski definition) is 1. The van der Waals surface area contributed by atoms with Crippen molar-refractivity contribution in [1.82, 2.24) is 9.97 Å². The molecule has 0 fully saturated rings. The highest BCUT2D eigenvalue weighted by atomic mass is 79.9. The van der Waals surface area contributed by atoms with Crippen LogP contribution in [0.5, 0.6) is 0 Å². The van der Waals surface area contributed by atoms with Crippen LogP contribution in [0.1, 0.15) is 41.4 Å². The van der Waals surface area contributed by atoms with Crippen molar-refractivity contribution in [3.05, 3.63) is 75.7 Å².